The Balaban J connectivity index is 1.41. The van der Waals surface area contributed by atoms with E-state index in [-0.39, 0.29) is 29.9 Å². The smallest absolute Gasteiger partial charge is 0.225 e. The molecule has 2 amide bonds. The number of benzene rings is 1. The van der Waals surface area contributed by atoms with Gasteiger partial charge in [0.2, 0.25) is 11.8 Å². The number of aryl methyl sites for hydroxylation is 1. The maximum absolute atomic E-state index is 12.3. The van der Waals surface area contributed by atoms with E-state index in [4.69, 9.17) is 0 Å². The average molecular weight is 353 g/mol. The Hall–Kier alpha value is -2.89. The van der Waals surface area contributed by atoms with Crippen molar-refractivity contribution in [2.75, 3.05) is 13.1 Å². The summed E-state index contributed by atoms with van der Waals surface area (Å²) in [6.07, 6.45) is 5.33. The van der Waals surface area contributed by atoms with Crippen molar-refractivity contribution >= 4 is 11.8 Å². The number of carbonyl (C=O) groups is 2. The summed E-state index contributed by atoms with van der Waals surface area (Å²) in [6.45, 7) is 1.56. The molecule has 0 radical (unpaired) electrons. The van der Waals surface area contributed by atoms with Crippen molar-refractivity contribution in [2.24, 2.45) is 5.92 Å². The third-order valence-corrected chi connectivity index (χ3v) is 4.59. The maximum atomic E-state index is 12.3. The van der Waals surface area contributed by atoms with E-state index in [0.29, 0.717) is 19.6 Å². The minimum atomic E-state index is -0.280. The normalized spacial score (nSPS) is 16.7. The molecule has 1 atom stereocenters. The first-order valence-electron chi connectivity index (χ1n) is 8.84. The van der Waals surface area contributed by atoms with Crippen LogP contribution >= 0.6 is 0 Å². The van der Waals surface area contributed by atoms with Crippen LogP contribution in [0.3, 0.4) is 0 Å². The lowest BCUT2D eigenvalue weighted by molar-refractivity contribution is -0.129. The molecule has 0 bridgehead atoms. The molecule has 1 aromatic carbocycles. The summed E-state index contributed by atoms with van der Waals surface area (Å²) in [5.74, 6) is -0.0605. The first-order chi connectivity index (χ1) is 12.6. The largest absolute Gasteiger partial charge is 0.508 e. The highest BCUT2D eigenvalue weighted by Gasteiger charge is 2.33. The predicted molar refractivity (Wildman–Crippen MR) is 97.2 cm³/mol. The van der Waals surface area contributed by atoms with Gasteiger partial charge in [0.15, 0.2) is 0 Å². The number of likely N-dealkylation sites (tertiary alicyclic amines) is 1. The van der Waals surface area contributed by atoms with Gasteiger partial charge in [-0.15, -0.1) is 0 Å². The summed E-state index contributed by atoms with van der Waals surface area (Å²) < 4.78 is 0. The minimum Gasteiger partial charge on any atom is -0.508 e. The molecular formula is C20H23N3O3. The number of rotatable bonds is 7. The van der Waals surface area contributed by atoms with Crippen LogP contribution in [-0.4, -0.2) is 39.9 Å². The molecule has 0 aliphatic carbocycles. The van der Waals surface area contributed by atoms with Gasteiger partial charge in [-0.2, -0.15) is 0 Å². The van der Waals surface area contributed by atoms with Gasteiger partial charge in [0, 0.05) is 38.4 Å². The van der Waals surface area contributed by atoms with Gasteiger partial charge >= 0.3 is 0 Å². The molecule has 1 fully saturated rings. The number of carbonyl (C=O) groups excluding carboxylic acids is 2. The van der Waals surface area contributed by atoms with E-state index in [9.17, 15) is 14.7 Å². The van der Waals surface area contributed by atoms with Crippen LogP contribution in [-0.2, 0) is 22.6 Å². The van der Waals surface area contributed by atoms with Gasteiger partial charge in [-0.25, -0.2) is 0 Å². The van der Waals surface area contributed by atoms with Crippen LogP contribution < -0.4 is 5.32 Å². The zero-order valence-corrected chi connectivity index (χ0v) is 14.6. The lowest BCUT2D eigenvalue weighted by Crippen LogP contribution is -2.33. The highest BCUT2D eigenvalue weighted by atomic mass is 16.3. The van der Waals surface area contributed by atoms with E-state index in [0.717, 1.165) is 24.0 Å². The molecular weight excluding hydrogens is 330 g/mol. The van der Waals surface area contributed by atoms with Gasteiger partial charge in [0.25, 0.3) is 0 Å². The highest BCUT2D eigenvalue weighted by Crippen LogP contribution is 2.20. The van der Waals surface area contributed by atoms with Crippen molar-refractivity contribution in [3.63, 3.8) is 0 Å². The molecule has 0 saturated carbocycles. The highest BCUT2D eigenvalue weighted by molar-refractivity contribution is 5.89. The molecule has 0 spiro atoms. The Kier molecular flexibility index (Phi) is 5.84. The lowest BCUT2D eigenvalue weighted by Gasteiger charge is -2.16. The van der Waals surface area contributed by atoms with Gasteiger partial charge < -0.3 is 15.3 Å². The van der Waals surface area contributed by atoms with Crippen LogP contribution in [0.1, 0.15) is 24.0 Å². The first-order valence-corrected chi connectivity index (χ1v) is 8.84. The summed E-state index contributed by atoms with van der Waals surface area (Å²) in [6, 6.07) is 10.8. The second-order valence-corrected chi connectivity index (χ2v) is 6.59. The summed E-state index contributed by atoms with van der Waals surface area (Å²) in [7, 11) is 0. The zero-order valence-electron chi connectivity index (χ0n) is 14.6. The van der Waals surface area contributed by atoms with E-state index in [1.807, 2.05) is 24.3 Å². The molecule has 2 aromatic rings. The fourth-order valence-electron chi connectivity index (χ4n) is 3.12. The van der Waals surface area contributed by atoms with Crippen molar-refractivity contribution < 1.29 is 14.7 Å². The van der Waals surface area contributed by atoms with Crippen LogP contribution in [0.5, 0.6) is 5.75 Å². The van der Waals surface area contributed by atoms with Gasteiger partial charge in [0.05, 0.1) is 5.92 Å². The monoisotopic (exact) mass is 353 g/mol. The van der Waals surface area contributed by atoms with Crippen molar-refractivity contribution in [3.05, 3.63) is 59.9 Å². The number of nitrogens with one attached hydrogen (secondary N) is 1. The van der Waals surface area contributed by atoms with E-state index >= 15 is 0 Å². The van der Waals surface area contributed by atoms with Crippen molar-refractivity contribution in [1.29, 1.82) is 0 Å². The number of nitrogens with zero attached hydrogens (tertiary/aromatic N) is 2. The van der Waals surface area contributed by atoms with Gasteiger partial charge in [0.1, 0.15) is 5.75 Å². The lowest BCUT2D eigenvalue weighted by atomic mass is 10.1. The Morgan fingerprint density at radius 3 is 2.62 bits per heavy atom. The number of aromatic hydroxyl groups is 1. The average Bonchev–Trinajstić information content (AvgIpc) is 3.01. The third kappa shape index (κ3) is 4.81. The molecule has 0 unspecified atom stereocenters. The van der Waals surface area contributed by atoms with Crippen LogP contribution in [0.2, 0.25) is 0 Å². The Morgan fingerprint density at radius 2 is 1.88 bits per heavy atom. The van der Waals surface area contributed by atoms with Crippen molar-refractivity contribution in [3.8, 4) is 5.75 Å². The topological polar surface area (TPSA) is 82.5 Å². The number of pyridine rings is 1. The van der Waals surface area contributed by atoms with Crippen molar-refractivity contribution in [2.45, 2.75) is 25.8 Å². The van der Waals surface area contributed by atoms with Crippen LogP contribution in [0.25, 0.3) is 0 Å². The molecule has 1 aliphatic rings. The third-order valence-electron chi connectivity index (χ3n) is 4.59. The van der Waals surface area contributed by atoms with Crippen LogP contribution in [0.4, 0.5) is 0 Å². The van der Waals surface area contributed by atoms with Gasteiger partial charge in [-0.05, 0) is 48.2 Å². The number of amides is 2. The molecule has 2 N–H and O–H groups in total. The number of phenolic OH excluding ortho intramolecular Hbond substituents is 1. The number of hydrogen-bond donors (Lipinski definition) is 2. The standard InChI is InChI=1S/C20H23N3O3/c24-18-5-3-15(4-6-18)2-1-9-22-20(26)17-12-19(25)23(14-17)13-16-7-10-21-11-8-16/h3-8,10-11,17,24H,1-2,9,12-14H2,(H,22,26)/t17-/m0/s1. The molecule has 6 heteroatoms. The summed E-state index contributed by atoms with van der Waals surface area (Å²) >= 11 is 0. The molecule has 1 saturated heterocycles. The summed E-state index contributed by atoms with van der Waals surface area (Å²) in [5, 5.41) is 12.2. The molecule has 1 aliphatic heterocycles. The second-order valence-electron chi connectivity index (χ2n) is 6.59. The summed E-state index contributed by atoms with van der Waals surface area (Å²) in [4.78, 5) is 30.2. The number of hydrogen-bond acceptors (Lipinski definition) is 4. The molecule has 6 nitrogen and oxygen atoms in total. The molecule has 136 valence electrons. The van der Waals surface area contributed by atoms with Crippen LogP contribution in [0, 0.1) is 5.92 Å². The van der Waals surface area contributed by atoms with Gasteiger partial charge in [-0.1, -0.05) is 12.1 Å². The molecule has 3 rings (SSSR count). The molecule has 1 aromatic heterocycles. The SMILES string of the molecule is O=C(NCCCc1ccc(O)cc1)[C@H]1CC(=O)N(Cc2ccncc2)C1. The van der Waals surface area contributed by atoms with Crippen molar-refractivity contribution in [1.82, 2.24) is 15.2 Å². The minimum absolute atomic E-state index is 0.0195. The Labute approximate surface area is 152 Å². The second kappa shape index (κ2) is 8.47. The van der Waals surface area contributed by atoms with E-state index in [2.05, 4.69) is 10.3 Å². The van der Waals surface area contributed by atoms with E-state index in [1.54, 1.807) is 29.4 Å². The quantitative estimate of drug-likeness (QED) is 0.745. The first kappa shape index (κ1) is 17.9. The van der Waals surface area contributed by atoms with E-state index in [1.165, 1.54) is 0 Å². The van der Waals surface area contributed by atoms with Gasteiger partial charge in [-0.3, -0.25) is 14.6 Å². The zero-order chi connectivity index (χ0) is 18.4. The maximum Gasteiger partial charge on any atom is 0.225 e. The number of phenols is 1. The predicted octanol–water partition coefficient (Wildman–Crippen LogP) is 1.88. The van der Waals surface area contributed by atoms with Crippen LogP contribution in [0.15, 0.2) is 48.8 Å². The Bertz CT molecular complexity index is 747. The molecule has 26 heavy (non-hydrogen) atoms. The fourth-order valence-corrected chi connectivity index (χ4v) is 3.12. The summed E-state index contributed by atoms with van der Waals surface area (Å²) in [5.41, 5.74) is 2.14. The fraction of sp³-hybridized carbons (Fsp3) is 0.350. The number of aromatic nitrogens is 1. The Morgan fingerprint density at radius 1 is 1.15 bits per heavy atom. The molecule has 2 heterocycles. The van der Waals surface area contributed by atoms with E-state index < -0.39 is 0 Å².